The van der Waals surface area contributed by atoms with E-state index in [-0.39, 0.29) is 18.7 Å². The molecule has 0 spiro atoms. The molecule has 1 aliphatic carbocycles. The van der Waals surface area contributed by atoms with Gasteiger partial charge in [-0.15, -0.1) is 0 Å². The van der Waals surface area contributed by atoms with Crippen LogP contribution in [0.3, 0.4) is 0 Å². The Hall–Kier alpha value is -0.610. The van der Waals surface area contributed by atoms with Crippen molar-refractivity contribution in [1.29, 1.82) is 0 Å². The van der Waals surface area contributed by atoms with E-state index < -0.39 is 5.60 Å². The van der Waals surface area contributed by atoms with Gasteiger partial charge in [-0.2, -0.15) is 0 Å². The number of hydrogen-bond acceptors (Lipinski definition) is 4. The molecule has 1 N–H and O–H groups in total. The molecule has 3 atom stereocenters. The lowest BCUT2D eigenvalue weighted by atomic mass is 10.1. The van der Waals surface area contributed by atoms with Gasteiger partial charge >= 0.3 is 5.97 Å². The van der Waals surface area contributed by atoms with Crippen LogP contribution in [0.5, 0.6) is 0 Å². The number of aliphatic hydroxyl groups excluding tert-OH is 1. The average molecular weight is 258 g/mol. The Balaban J connectivity index is 2.18. The highest BCUT2D eigenvalue weighted by atomic mass is 16.6. The second-order valence-electron chi connectivity index (χ2n) is 6.10. The molecule has 1 aliphatic rings. The number of methoxy groups -OCH3 is 1. The van der Waals surface area contributed by atoms with Gasteiger partial charge in [0.1, 0.15) is 5.60 Å². The third-order valence-electron chi connectivity index (χ3n) is 3.28. The molecule has 4 nitrogen and oxygen atoms in total. The van der Waals surface area contributed by atoms with Crippen molar-refractivity contribution in [2.75, 3.05) is 13.7 Å². The van der Waals surface area contributed by atoms with Crippen LogP contribution >= 0.6 is 0 Å². The van der Waals surface area contributed by atoms with E-state index in [1.54, 1.807) is 7.11 Å². The third-order valence-corrected chi connectivity index (χ3v) is 3.28. The molecular formula is C14H26O4. The maximum Gasteiger partial charge on any atom is 0.306 e. The highest BCUT2D eigenvalue weighted by Crippen LogP contribution is 2.43. The fourth-order valence-corrected chi connectivity index (χ4v) is 2.28. The molecular weight excluding hydrogens is 232 g/mol. The van der Waals surface area contributed by atoms with Crippen molar-refractivity contribution in [3.8, 4) is 0 Å². The second-order valence-corrected chi connectivity index (χ2v) is 6.10. The number of hydrogen-bond donors (Lipinski definition) is 1. The summed E-state index contributed by atoms with van der Waals surface area (Å²) in [6.07, 6.45) is 3.29. The normalized spacial score (nSPS) is 24.7. The summed E-state index contributed by atoms with van der Waals surface area (Å²) >= 11 is 0. The molecule has 1 fully saturated rings. The summed E-state index contributed by atoms with van der Waals surface area (Å²) in [6.45, 7) is 5.87. The van der Waals surface area contributed by atoms with Gasteiger partial charge in [-0.3, -0.25) is 4.79 Å². The minimum absolute atomic E-state index is 0.146. The fraction of sp³-hybridized carbons (Fsp3) is 0.929. The Kier molecular flexibility index (Phi) is 5.60. The predicted molar refractivity (Wildman–Crippen MR) is 69.2 cm³/mol. The summed E-state index contributed by atoms with van der Waals surface area (Å²) in [4.78, 5) is 11.5. The Morgan fingerprint density at radius 3 is 2.56 bits per heavy atom. The minimum Gasteiger partial charge on any atom is -0.460 e. The van der Waals surface area contributed by atoms with E-state index in [9.17, 15) is 4.79 Å². The van der Waals surface area contributed by atoms with Crippen LogP contribution in [0.4, 0.5) is 0 Å². The number of carbonyl (C=O) groups excluding carboxylic acids is 1. The van der Waals surface area contributed by atoms with Crippen LogP contribution in [-0.2, 0) is 14.3 Å². The molecule has 1 rings (SSSR count). The molecule has 0 aromatic carbocycles. The van der Waals surface area contributed by atoms with E-state index in [1.165, 1.54) is 0 Å². The SMILES string of the molecule is CO[C@H](CCCC(=O)OC(C)(C)C)[C@@H]1C[C@H]1CO. The van der Waals surface area contributed by atoms with E-state index in [2.05, 4.69) is 0 Å². The van der Waals surface area contributed by atoms with Gasteiger partial charge in [-0.25, -0.2) is 0 Å². The summed E-state index contributed by atoms with van der Waals surface area (Å²) < 4.78 is 10.7. The lowest BCUT2D eigenvalue weighted by Crippen LogP contribution is -2.24. The standard InChI is InChI=1S/C14H26O4/c1-14(2,3)18-13(16)7-5-6-12(17-4)11-8-10(11)9-15/h10-12,15H,5-9H2,1-4H3/t10-,11+,12+/m0/s1. The van der Waals surface area contributed by atoms with Crippen molar-refractivity contribution < 1.29 is 19.4 Å². The quantitative estimate of drug-likeness (QED) is 0.711. The zero-order valence-electron chi connectivity index (χ0n) is 11.9. The molecule has 0 radical (unpaired) electrons. The van der Waals surface area contributed by atoms with Crippen LogP contribution in [0.25, 0.3) is 0 Å². The van der Waals surface area contributed by atoms with Crippen LogP contribution in [0, 0.1) is 11.8 Å². The molecule has 0 heterocycles. The molecule has 0 aliphatic heterocycles. The molecule has 0 amide bonds. The van der Waals surface area contributed by atoms with E-state index in [0.29, 0.717) is 18.3 Å². The van der Waals surface area contributed by atoms with Gasteiger partial charge in [0, 0.05) is 20.1 Å². The molecule has 18 heavy (non-hydrogen) atoms. The van der Waals surface area contributed by atoms with Gasteiger partial charge in [-0.1, -0.05) is 0 Å². The molecule has 0 saturated heterocycles. The summed E-state index contributed by atoms with van der Waals surface area (Å²) in [5.41, 5.74) is -0.407. The number of rotatable bonds is 7. The fourth-order valence-electron chi connectivity index (χ4n) is 2.28. The predicted octanol–water partition coefficient (Wildman–Crippen LogP) is 2.14. The first-order chi connectivity index (χ1) is 8.37. The molecule has 0 aromatic heterocycles. The highest BCUT2D eigenvalue weighted by Gasteiger charge is 2.42. The molecule has 4 heteroatoms. The smallest absolute Gasteiger partial charge is 0.306 e. The van der Waals surface area contributed by atoms with Crippen LogP contribution in [0.1, 0.15) is 46.5 Å². The lowest BCUT2D eigenvalue weighted by Gasteiger charge is -2.20. The Morgan fingerprint density at radius 2 is 2.11 bits per heavy atom. The van der Waals surface area contributed by atoms with Gasteiger partial charge in [0.15, 0.2) is 0 Å². The number of carbonyl (C=O) groups is 1. The summed E-state index contributed by atoms with van der Waals surface area (Å²) in [6, 6.07) is 0. The average Bonchev–Trinajstić information content (AvgIpc) is 3.01. The molecule has 1 saturated carbocycles. The summed E-state index contributed by atoms with van der Waals surface area (Å²) in [7, 11) is 1.70. The van der Waals surface area contributed by atoms with Crippen molar-refractivity contribution in [3.63, 3.8) is 0 Å². The molecule has 0 unspecified atom stereocenters. The topological polar surface area (TPSA) is 55.8 Å². The third kappa shape index (κ3) is 5.36. The Morgan fingerprint density at radius 1 is 1.44 bits per heavy atom. The van der Waals surface area contributed by atoms with Crippen molar-refractivity contribution in [2.45, 2.75) is 58.2 Å². The Labute approximate surface area is 110 Å². The summed E-state index contributed by atoms with van der Waals surface area (Å²) in [5, 5.41) is 9.03. The highest BCUT2D eigenvalue weighted by molar-refractivity contribution is 5.69. The van der Waals surface area contributed by atoms with E-state index in [0.717, 1.165) is 19.3 Å². The number of esters is 1. The van der Waals surface area contributed by atoms with E-state index in [4.69, 9.17) is 14.6 Å². The van der Waals surface area contributed by atoms with Gasteiger partial charge in [0.2, 0.25) is 0 Å². The maximum absolute atomic E-state index is 11.5. The number of aliphatic hydroxyl groups is 1. The van der Waals surface area contributed by atoms with Crippen molar-refractivity contribution in [3.05, 3.63) is 0 Å². The first-order valence-electron chi connectivity index (χ1n) is 6.73. The van der Waals surface area contributed by atoms with Gasteiger partial charge < -0.3 is 14.6 Å². The van der Waals surface area contributed by atoms with Crippen molar-refractivity contribution in [1.82, 2.24) is 0 Å². The van der Waals surface area contributed by atoms with Crippen LogP contribution in [0.15, 0.2) is 0 Å². The first kappa shape index (κ1) is 15.4. The van der Waals surface area contributed by atoms with Crippen LogP contribution in [-0.4, -0.2) is 36.5 Å². The monoisotopic (exact) mass is 258 g/mol. The zero-order chi connectivity index (χ0) is 13.8. The van der Waals surface area contributed by atoms with Gasteiger partial charge in [0.05, 0.1) is 6.10 Å². The van der Waals surface area contributed by atoms with Crippen LogP contribution < -0.4 is 0 Å². The Bertz CT molecular complexity index is 269. The molecule has 0 aromatic rings. The molecule has 0 bridgehead atoms. The van der Waals surface area contributed by atoms with Gasteiger partial charge in [-0.05, 0) is 51.9 Å². The maximum atomic E-state index is 11.5. The first-order valence-corrected chi connectivity index (χ1v) is 6.73. The molecule has 106 valence electrons. The van der Waals surface area contributed by atoms with Crippen LogP contribution in [0.2, 0.25) is 0 Å². The second kappa shape index (κ2) is 6.53. The van der Waals surface area contributed by atoms with E-state index >= 15 is 0 Å². The largest absolute Gasteiger partial charge is 0.460 e. The van der Waals surface area contributed by atoms with Crippen molar-refractivity contribution >= 4 is 5.97 Å². The minimum atomic E-state index is -0.407. The lowest BCUT2D eigenvalue weighted by molar-refractivity contribution is -0.155. The van der Waals surface area contributed by atoms with Gasteiger partial charge in [0.25, 0.3) is 0 Å². The summed E-state index contributed by atoms with van der Waals surface area (Å²) in [5.74, 6) is 0.724. The van der Waals surface area contributed by atoms with Crippen molar-refractivity contribution in [2.24, 2.45) is 11.8 Å². The zero-order valence-corrected chi connectivity index (χ0v) is 11.9. The number of ether oxygens (including phenoxy) is 2. The van der Waals surface area contributed by atoms with E-state index in [1.807, 2.05) is 20.8 Å².